The van der Waals surface area contributed by atoms with Crippen LogP contribution in [0.2, 0.25) is 0 Å². The summed E-state index contributed by atoms with van der Waals surface area (Å²) < 4.78 is 5.49. The molecule has 1 atom stereocenters. The highest BCUT2D eigenvalue weighted by atomic mass is 16.5. The summed E-state index contributed by atoms with van der Waals surface area (Å²) in [5.41, 5.74) is 0. The van der Waals surface area contributed by atoms with E-state index >= 15 is 0 Å². The first-order valence-corrected chi connectivity index (χ1v) is 5.43. The van der Waals surface area contributed by atoms with Crippen LogP contribution in [0.15, 0.2) is 0 Å². The molecule has 1 aliphatic heterocycles. The van der Waals surface area contributed by atoms with Crippen LogP contribution in [0.5, 0.6) is 0 Å². The van der Waals surface area contributed by atoms with E-state index in [0.29, 0.717) is 6.10 Å². The van der Waals surface area contributed by atoms with Crippen LogP contribution in [0.25, 0.3) is 0 Å². The first-order valence-electron chi connectivity index (χ1n) is 5.43. The molecule has 0 aromatic carbocycles. The summed E-state index contributed by atoms with van der Waals surface area (Å²) in [7, 11) is 0. The van der Waals surface area contributed by atoms with Gasteiger partial charge in [-0.3, -0.25) is 0 Å². The Morgan fingerprint density at radius 1 is 1.36 bits per heavy atom. The predicted molar refractivity (Wildman–Crippen MR) is 54.2 cm³/mol. The summed E-state index contributed by atoms with van der Waals surface area (Å²) in [6.45, 7) is 1.74. The molecular formula is C10H21NO3. The Kier molecular flexibility index (Phi) is 6.10. The van der Waals surface area contributed by atoms with E-state index < -0.39 is 0 Å². The highest BCUT2D eigenvalue weighted by Crippen LogP contribution is 2.16. The van der Waals surface area contributed by atoms with Crippen molar-refractivity contribution in [3.8, 4) is 0 Å². The molecule has 1 heterocycles. The third-order valence-electron chi connectivity index (χ3n) is 2.60. The Bertz CT molecular complexity index is 129. The van der Waals surface area contributed by atoms with Gasteiger partial charge in [-0.2, -0.15) is 0 Å². The molecule has 0 bridgehead atoms. The largest absolute Gasteiger partial charge is 0.395 e. The third-order valence-corrected chi connectivity index (χ3v) is 2.60. The van der Waals surface area contributed by atoms with E-state index in [-0.39, 0.29) is 19.3 Å². The van der Waals surface area contributed by atoms with Crippen molar-refractivity contribution in [3.63, 3.8) is 0 Å². The lowest BCUT2D eigenvalue weighted by molar-refractivity contribution is 0.101. The van der Waals surface area contributed by atoms with Gasteiger partial charge in [0.2, 0.25) is 0 Å². The lowest BCUT2D eigenvalue weighted by Gasteiger charge is -2.14. The van der Waals surface area contributed by atoms with Gasteiger partial charge >= 0.3 is 0 Å². The maximum atomic E-state index is 8.79. The molecule has 1 rings (SSSR count). The van der Waals surface area contributed by atoms with E-state index in [1.165, 1.54) is 12.8 Å². The van der Waals surface area contributed by atoms with Gasteiger partial charge in [0.05, 0.1) is 25.4 Å². The van der Waals surface area contributed by atoms with Crippen LogP contribution >= 0.6 is 0 Å². The monoisotopic (exact) mass is 203 g/mol. The molecule has 3 N–H and O–H groups in total. The quantitative estimate of drug-likeness (QED) is 0.505. The second kappa shape index (κ2) is 7.17. The lowest BCUT2D eigenvalue weighted by Crippen LogP contribution is -2.36. The summed E-state index contributed by atoms with van der Waals surface area (Å²) in [6, 6.07) is -0.167. The number of rotatable bonds is 7. The van der Waals surface area contributed by atoms with Crippen LogP contribution in [-0.4, -0.2) is 48.7 Å². The van der Waals surface area contributed by atoms with Crippen LogP contribution in [-0.2, 0) is 4.74 Å². The molecule has 14 heavy (non-hydrogen) atoms. The molecule has 1 unspecified atom stereocenters. The minimum Gasteiger partial charge on any atom is -0.395 e. The fraction of sp³-hybridized carbons (Fsp3) is 1.00. The molecule has 84 valence electrons. The SMILES string of the molecule is OCC(CO)NCCCC1CCCO1. The molecule has 4 heteroatoms. The molecule has 0 aliphatic carbocycles. The maximum absolute atomic E-state index is 8.79. The van der Waals surface area contributed by atoms with Gasteiger partial charge in [0.1, 0.15) is 0 Å². The predicted octanol–water partition coefficient (Wildman–Crippen LogP) is -0.112. The Morgan fingerprint density at radius 3 is 2.71 bits per heavy atom. The summed E-state index contributed by atoms with van der Waals surface area (Å²) in [5, 5.41) is 20.7. The normalized spacial score (nSPS) is 22.1. The lowest BCUT2D eigenvalue weighted by atomic mass is 10.1. The molecule has 4 nitrogen and oxygen atoms in total. The van der Waals surface area contributed by atoms with Crippen molar-refractivity contribution in [1.29, 1.82) is 0 Å². The second-order valence-electron chi connectivity index (χ2n) is 3.79. The summed E-state index contributed by atoms with van der Waals surface area (Å²) >= 11 is 0. The first-order chi connectivity index (χ1) is 6.86. The number of ether oxygens (including phenoxy) is 1. The Hall–Kier alpha value is -0.160. The zero-order valence-electron chi connectivity index (χ0n) is 8.61. The molecule has 1 saturated heterocycles. The van der Waals surface area contributed by atoms with Gasteiger partial charge < -0.3 is 20.3 Å². The van der Waals surface area contributed by atoms with Crippen molar-refractivity contribution in [2.75, 3.05) is 26.4 Å². The van der Waals surface area contributed by atoms with Crippen LogP contribution in [0.3, 0.4) is 0 Å². The maximum Gasteiger partial charge on any atom is 0.0607 e. The van der Waals surface area contributed by atoms with Crippen LogP contribution in [0.1, 0.15) is 25.7 Å². The molecule has 1 aliphatic rings. The smallest absolute Gasteiger partial charge is 0.0607 e. The standard InChI is InChI=1S/C10H21NO3/c12-7-9(8-13)11-5-1-3-10-4-2-6-14-10/h9-13H,1-8H2. The minimum absolute atomic E-state index is 0.00354. The second-order valence-corrected chi connectivity index (χ2v) is 3.79. The number of hydrogen-bond donors (Lipinski definition) is 3. The first kappa shape index (κ1) is 11.9. The van der Waals surface area contributed by atoms with Crippen LogP contribution in [0, 0.1) is 0 Å². The molecule has 0 spiro atoms. The van der Waals surface area contributed by atoms with Crippen molar-refractivity contribution in [2.45, 2.75) is 37.8 Å². The van der Waals surface area contributed by atoms with Gasteiger partial charge in [0.15, 0.2) is 0 Å². The Labute approximate surface area is 85.3 Å². The van der Waals surface area contributed by atoms with Crippen molar-refractivity contribution in [2.24, 2.45) is 0 Å². The zero-order valence-corrected chi connectivity index (χ0v) is 8.61. The van der Waals surface area contributed by atoms with E-state index in [4.69, 9.17) is 14.9 Å². The molecule has 0 amide bonds. The number of aliphatic hydroxyl groups excluding tert-OH is 2. The van der Waals surface area contributed by atoms with E-state index in [9.17, 15) is 0 Å². The van der Waals surface area contributed by atoms with Crippen molar-refractivity contribution >= 4 is 0 Å². The van der Waals surface area contributed by atoms with Gasteiger partial charge in [0.25, 0.3) is 0 Å². The average molecular weight is 203 g/mol. The van der Waals surface area contributed by atoms with Gasteiger partial charge in [0, 0.05) is 6.61 Å². The van der Waals surface area contributed by atoms with E-state index in [2.05, 4.69) is 5.32 Å². The molecule has 0 aromatic heterocycles. The van der Waals surface area contributed by atoms with Gasteiger partial charge in [-0.15, -0.1) is 0 Å². The molecule has 1 fully saturated rings. The highest BCUT2D eigenvalue weighted by Gasteiger charge is 2.14. The molecule has 0 saturated carbocycles. The number of hydrogen-bond acceptors (Lipinski definition) is 4. The summed E-state index contributed by atoms with van der Waals surface area (Å²) in [4.78, 5) is 0. The topological polar surface area (TPSA) is 61.7 Å². The van der Waals surface area contributed by atoms with Crippen LogP contribution < -0.4 is 5.32 Å². The van der Waals surface area contributed by atoms with E-state index in [0.717, 1.165) is 26.0 Å². The van der Waals surface area contributed by atoms with Crippen molar-refractivity contribution in [3.05, 3.63) is 0 Å². The molecule has 0 radical (unpaired) electrons. The summed E-state index contributed by atoms with van der Waals surface area (Å²) in [6.07, 6.45) is 4.94. The fourth-order valence-corrected chi connectivity index (χ4v) is 1.69. The Balaban J connectivity index is 1.92. The van der Waals surface area contributed by atoms with Gasteiger partial charge in [-0.05, 0) is 32.2 Å². The summed E-state index contributed by atoms with van der Waals surface area (Å²) in [5.74, 6) is 0. The number of nitrogens with one attached hydrogen (secondary N) is 1. The molecular weight excluding hydrogens is 182 g/mol. The number of aliphatic hydroxyl groups is 2. The minimum atomic E-state index is -0.167. The van der Waals surface area contributed by atoms with Crippen LogP contribution in [0.4, 0.5) is 0 Å². The fourth-order valence-electron chi connectivity index (χ4n) is 1.69. The van der Waals surface area contributed by atoms with Gasteiger partial charge in [-0.1, -0.05) is 0 Å². The highest BCUT2D eigenvalue weighted by molar-refractivity contribution is 4.67. The van der Waals surface area contributed by atoms with Gasteiger partial charge in [-0.25, -0.2) is 0 Å². The Morgan fingerprint density at radius 2 is 2.14 bits per heavy atom. The van der Waals surface area contributed by atoms with E-state index in [1.807, 2.05) is 0 Å². The van der Waals surface area contributed by atoms with Crippen molar-refractivity contribution in [1.82, 2.24) is 5.32 Å². The third kappa shape index (κ3) is 4.37. The van der Waals surface area contributed by atoms with Crippen molar-refractivity contribution < 1.29 is 14.9 Å². The van der Waals surface area contributed by atoms with E-state index in [1.54, 1.807) is 0 Å². The average Bonchev–Trinajstić information content (AvgIpc) is 2.71. The molecule has 0 aromatic rings. The zero-order chi connectivity index (χ0) is 10.2.